The molecule has 5 nitrogen and oxygen atoms in total. The third-order valence-corrected chi connectivity index (χ3v) is 4.62. The summed E-state index contributed by atoms with van der Waals surface area (Å²) in [6.45, 7) is 3.49. The van der Waals surface area contributed by atoms with Gasteiger partial charge in [-0.2, -0.15) is 5.10 Å². The minimum atomic E-state index is -0.0715. The Morgan fingerprint density at radius 2 is 2.21 bits per heavy atom. The molecule has 0 radical (unpaired) electrons. The van der Waals surface area contributed by atoms with Gasteiger partial charge in [0.05, 0.1) is 17.3 Å². The summed E-state index contributed by atoms with van der Waals surface area (Å²) in [5.41, 5.74) is 5.12. The molecule has 3 aromatic rings. The monoisotopic (exact) mass is 320 g/mol. The molecule has 0 saturated heterocycles. The Bertz CT molecular complexity index is 899. The number of nitrogens with zero attached hydrogens (tertiary/aromatic N) is 1. The molecule has 3 N–H and O–H groups in total. The molecular formula is C19H20N4O. The van der Waals surface area contributed by atoms with Crippen LogP contribution < -0.4 is 10.6 Å². The highest BCUT2D eigenvalue weighted by atomic mass is 16.1. The molecule has 4 rings (SSSR count). The van der Waals surface area contributed by atoms with Gasteiger partial charge in [0.25, 0.3) is 5.91 Å². The van der Waals surface area contributed by atoms with Crippen LogP contribution in [0, 0.1) is 6.92 Å². The lowest BCUT2D eigenvalue weighted by Gasteiger charge is -2.27. The van der Waals surface area contributed by atoms with E-state index < -0.39 is 0 Å². The molecule has 0 bridgehead atoms. The number of fused-ring (bicyclic) bond motifs is 2. The summed E-state index contributed by atoms with van der Waals surface area (Å²) < 4.78 is 0. The van der Waals surface area contributed by atoms with Gasteiger partial charge in [-0.1, -0.05) is 24.3 Å². The maximum absolute atomic E-state index is 12.7. The molecule has 0 aliphatic carbocycles. The van der Waals surface area contributed by atoms with Gasteiger partial charge in [-0.25, -0.2) is 0 Å². The molecule has 1 aliphatic rings. The van der Waals surface area contributed by atoms with Gasteiger partial charge in [0.2, 0.25) is 0 Å². The van der Waals surface area contributed by atoms with Crippen LogP contribution in [-0.2, 0) is 6.42 Å². The summed E-state index contributed by atoms with van der Waals surface area (Å²) >= 11 is 0. The van der Waals surface area contributed by atoms with Crippen LogP contribution in [0.2, 0.25) is 0 Å². The molecule has 2 aromatic carbocycles. The van der Waals surface area contributed by atoms with E-state index in [-0.39, 0.29) is 11.9 Å². The maximum Gasteiger partial charge on any atom is 0.253 e. The molecule has 1 atom stereocenters. The van der Waals surface area contributed by atoms with Crippen molar-refractivity contribution in [2.45, 2.75) is 19.4 Å². The first kappa shape index (κ1) is 14.9. The zero-order chi connectivity index (χ0) is 16.5. The van der Waals surface area contributed by atoms with Crippen molar-refractivity contribution >= 4 is 16.8 Å². The van der Waals surface area contributed by atoms with Crippen LogP contribution in [0.4, 0.5) is 0 Å². The number of nitrogens with one attached hydrogen (secondary N) is 3. The number of aryl methyl sites for hydroxylation is 1. The van der Waals surface area contributed by atoms with Crippen molar-refractivity contribution in [3.8, 4) is 0 Å². The van der Waals surface area contributed by atoms with E-state index in [2.05, 4.69) is 45.1 Å². The first-order chi connectivity index (χ1) is 11.7. The number of rotatable bonds is 3. The van der Waals surface area contributed by atoms with E-state index in [4.69, 9.17) is 0 Å². The average Bonchev–Trinajstić information content (AvgIpc) is 3.07. The van der Waals surface area contributed by atoms with Crippen molar-refractivity contribution in [3.63, 3.8) is 0 Å². The number of aromatic amines is 1. The SMILES string of the molecule is Cc1cc(C(=O)NCC2NCCc3ccccc32)c2[nH]ncc2c1. The zero-order valence-corrected chi connectivity index (χ0v) is 13.6. The van der Waals surface area contributed by atoms with Crippen LogP contribution in [0.25, 0.3) is 10.9 Å². The Kier molecular flexibility index (Phi) is 3.78. The largest absolute Gasteiger partial charge is 0.350 e. The average molecular weight is 320 g/mol. The second kappa shape index (κ2) is 6.09. The van der Waals surface area contributed by atoms with Gasteiger partial charge >= 0.3 is 0 Å². The molecule has 0 fully saturated rings. The number of benzene rings is 2. The van der Waals surface area contributed by atoms with Crippen molar-refractivity contribution in [3.05, 3.63) is 64.8 Å². The van der Waals surface area contributed by atoms with E-state index >= 15 is 0 Å². The molecule has 5 heteroatoms. The smallest absolute Gasteiger partial charge is 0.253 e. The van der Waals surface area contributed by atoms with E-state index in [1.165, 1.54) is 11.1 Å². The quantitative estimate of drug-likeness (QED) is 0.694. The third kappa shape index (κ3) is 2.67. The van der Waals surface area contributed by atoms with Gasteiger partial charge in [-0.15, -0.1) is 0 Å². The minimum absolute atomic E-state index is 0.0715. The maximum atomic E-state index is 12.7. The van der Waals surface area contributed by atoms with Crippen LogP contribution in [0.15, 0.2) is 42.6 Å². The minimum Gasteiger partial charge on any atom is -0.350 e. The number of H-pyrrole nitrogens is 1. The fraction of sp³-hybridized carbons (Fsp3) is 0.263. The molecule has 122 valence electrons. The Hall–Kier alpha value is -2.66. The summed E-state index contributed by atoms with van der Waals surface area (Å²) in [7, 11) is 0. The molecule has 1 aliphatic heterocycles. The van der Waals surface area contributed by atoms with E-state index in [0.29, 0.717) is 12.1 Å². The predicted molar refractivity (Wildman–Crippen MR) is 94.1 cm³/mol. The van der Waals surface area contributed by atoms with Gasteiger partial charge < -0.3 is 10.6 Å². The lowest BCUT2D eigenvalue weighted by molar-refractivity contribution is 0.0950. The van der Waals surface area contributed by atoms with Crippen molar-refractivity contribution in [1.29, 1.82) is 0 Å². The highest BCUT2D eigenvalue weighted by Crippen LogP contribution is 2.22. The number of hydrogen-bond donors (Lipinski definition) is 3. The Labute approximate surface area is 140 Å². The van der Waals surface area contributed by atoms with Gasteiger partial charge in [0.15, 0.2) is 0 Å². The summed E-state index contributed by atoms with van der Waals surface area (Å²) in [6.07, 6.45) is 2.78. The fourth-order valence-electron chi connectivity index (χ4n) is 3.45. The summed E-state index contributed by atoms with van der Waals surface area (Å²) in [6, 6.07) is 12.5. The Morgan fingerprint density at radius 3 is 3.12 bits per heavy atom. The second-order valence-corrected chi connectivity index (χ2v) is 6.31. The van der Waals surface area contributed by atoms with Crippen molar-refractivity contribution in [2.24, 2.45) is 0 Å². The normalized spacial score (nSPS) is 16.8. The lowest BCUT2D eigenvalue weighted by atomic mass is 9.94. The second-order valence-electron chi connectivity index (χ2n) is 6.31. The predicted octanol–water partition coefficient (Wildman–Crippen LogP) is 2.49. The van der Waals surface area contributed by atoms with Gasteiger partial charge in [-0.3, -0.25) is 9.89 Å². The Morgan fingerprint density at radius 1 is 1.33 bits per heavy atom. The molecule has 0 saturated carbocycles. The van der Waals surface area contributed by atoms with E-state index in [1.54, 1.807) is 6.20 Å². The Balaban J connectivity index is 1.54. The molecule has 2 heterocycles. The van der Waals surface area contributed by atoms with Crippen molar-refractivity contribution in [1.82, 2.24) is 20.8 Å². The van der Waals surface area contributed by atoms with Crippen molar-refractivity contribution in [2.75, 3.05) is 13.1 Å². The third-order valence-electron chi connectivity index (χ3n) is 4.62. The zero-order valence-electron chi connectivity index (χ0n) is 13.6. The first-order valence-electron chi connectivity index (χ1n) is 8.25. The number of hydrogen-bond acceptors (Lipinski definition) is 3. The number of amides is 1. The van der Waals surface area contributed by atoms with Crippen molar-refractivity contribution < 1.29 is 4.79 Å². The number of aromatic nitrogens is 2. The lowest BCUT2D eigenvalue weighted by Crippen LogP contribution is -2.38. The van der Waals surface area contributed by atoms with Gasteiger partial charge in [0, 0.05) is 18.0 Å². The summed E-state index contributed by atoms with van der Waals surface area (Å²) in [5.74, 6) is -0.0715. The van der Waals surface area contributed by atoms with Crippen LogP contribution in [0.5, 0.6) is 0 Å². The number of carbonyl (C=O) groups excluding carboxylic acids is 1. The number of carbonyl (C=O) groups is 1. The van der Waals surface area contributed by atoms with E-state index in [1.807, 2.05) is 19.1 Å². The summed E-state index contributed by atoms with van der Waals surface area (Å²) in [5, 5.41) is 14.5. The standard InChI is InChI=1S/C19H20N4O/c1-12-8-14-10-22-23-18(14)16(9-12)19(24)21-11-17-15-5-3-2-4-13(15)6-7-20-17/h2-5,8-10,17,20H,6-7,11H2,1H3,(H,21,24)(H,22,23). The highest BCUT2D eigenvalue weighted by molar-refractivity contribution is 6.05. The summed E-state index contributed by atoms with van der Waals surface area (Å²) in [4.78, 5) is 12.7. The first-order valence-corrected chi connectivity index (χ1v) is 8.25. The molecule has 24 heavy (non-hydrogen) atoms. The van der Waals surface area contributed by atoms with Crippen LogP contribution in [-0.4, -0.2) is 29.2 Å². The van der Waals surface area contributed by atoms with Crippen LogP contribution in [0.1, 0.15) is 33.1 Å². The molecular weight excluding hydrogens is 300 g/mol. The molecule has 1 aromatic heterocycles. The highest BCUT2D eigenvalue weighted by Gasteiger charge is 2.20. The van der Waals surface area contributed by atoms with E-state index in [9.17, 15) is 4.79 Å². The van der Waals surface area contributed by atoms with Crippen LogP contribution in [0.3, 0.4) is 0 Å². The van der Waals surface area contributed by atoms with Gasteiger partial charge in [0.1, 0.15) is 0 Å². The topological polar surface area (TPSA) is 69.8 Å². The molecule has 1 amide bonds. The molecule has 0 spiro atoms. The molecule has 1 unspecified atom stereocenters. The van der Waals surface area contributed by atoms with Crippen LogP contribution >= 0.6 is 0 Å². The van der Waals surface area contributed by atoms with E-state index in [0.717, 1.165) is 29.4 Å². The van der Waals surface area contributed by atoms with Gasteiger partial charge in [-0.05, 0) is 48.7 Å². The fourth-order valence-corrected chi connectivity index (χ4v) is 3.45.